The largest absolute Gasteiger partial charge is 0.337 e. The van der Waals surface area contributed by atoms with E-state index in [-0.39, 0.29) is 0 Å². The van der Waals surface area contributed by atoms with Gasteiger partial charge in [0, 0.05) is 46.6 Å². The van der Waals surface area contributed by atoms with Crippen molar-refractivity contribution in [3.63, 3.8) is 0 Å². The molecule has 184 valence electrons. The minimum Gasteiger partial charge on any atom is -0.337 e. The summed E-state index contributed by atoms with van der Waals surface area (Å²) in [5, 5.41) is 5.02. The lowest BCUT2D eigenvalue weighted by Gasteiger charge is -2.27. The molecule has 2 nitrogen and oxygen atoms in total. The molecule has 0 atom stereocenters. The third-order valence-electron chi connectivity index (χ3n) is 6.99. The molecule has 6 rings (SSSR count). The fourth-order valence-electron chi connectivity index (χ4n) is 5.15. The maximum atomic E-state index is 2.39. The van der Waals surface area contributed by atoms with Crippen molar-refractivity contribution in [3.8, 4) is 0 Å². The topological polar surface area (TPSA) is 6.48 Å². The van der Waals surface area contributed by atoms with Crippen LogP contribution in [0.1, 0.15) is 0 Å². The first kappa shape index (κ1) is 23.6. The summed E-state index contributed by atoms with van der Waals surface area (Å²) in [6, 6.07) is 51.6. The molecule has 0 saturated carbocycles. The first-order valence-corrected chi connectivity index (χ1v) is 13.1. The quantitative estimate of drug-likeness (QED) is 0.196. The van der Waals surface area contributed by atoms with Gasteiger partial charge in [-0.15, -0.1) is 0 Å². The van der Waals surface area contributed by atoms with E-state index in [4.69, 9.17) is 0 Å². The molecule has 0 unspecified atom stereocenters. The molecule has 0 heterocycles. The lowest BCUT2D eigenvalue weighted by Crippen LogP contribution is -2.19. The molecule has 0 aliphatic carbocycles. The van der Waals surface area contributed by atoms with Gasteiger partial charge in [-0.2, -0.15) is 0 Å². The molecule has 6 aromatic rings. The SMILES string of the molecule is C(=C\CN(c1ccccc1)c1cccc2ccccc12)/CN(c1ccccc1)c1cccc2ccccc12. The summed E-state index contributed by atoms with van der Waals surface area (Å²) in [5.41, 5.74) is 4.80. The van der Waals surface area contributed by atoms with Crippen molar-refractivity contribution in [3.05, 3.63) is 158 Å². The molecule has 0 amide bonds. The lowest BCUT2D eigenvalue weighted by molar-refractivity contribution is 1.07. The highest BCUT2D eigenvalue weighted by Crippen LogP contribution is 2.34. The Morgan fingerprint density at radius 2 is 0.737 bits per heavy atom. The average Bonchev–Trinajstić information content (AvgIpc) is 3.00. The maximum Gasteiger partial charge on any atom is 0.0493 e. The molecule has 0 fully saturated rings. The average molecular weight is 491 g/mol. The van der Waals surface area contributed by atoms with Gasteiger partial charge in [-0.1, -0.05) is 121 Å². The molecule has 2 heteroatoms. The fourth-order valence-corrected chi connectivity index (χ4v) is 5.15. The Balaban J connectivity index is 1.33. The first-order valence-electron chi connectivity index (χ1n) is 13.1. The summed E-state index contributed by atoms with van der Waals surface area (Å²) in [7, 11) is 0. The van der Waals surface area contributed by atoms with Crippen LogP contribution in [0.5, 0.6) is 0 Å². The van der Waals surface area contributed by atoms with Gasteiger partial charge in [-0.05, 0) is 47.2 Å². The van der Waals surface area contributed by atoms with Crippen LogP contribution in [0.15, 0.2) is 158 Å². The van der Waals surface area contributed by atoms with Crippen LogP contribution in [0.25, 0.3) is 21.5 Å². The summed E-state index contributed by atoms with van der Waals surface area (Å²) in [6.07, 6.45) is 4.58. The van der Waals surface area contributed by atoms with E-state index in [9.17, 15) is 0 Å². The van der Waals surface area contributed by atoms with Crippen molar-refractivity contribution >= 4 is 44.3 Å². The van der Waals surface area contributed by atoms with Gasteiger partial charge >= 0.3 is 0 Å². The van der Waals surface area contributed by atoms with Gasteiger partial charge in [0.25, 0.3) is 0 Å². The van der Waals surface area contributed by atoms with Crippen molar-refractivity contribution in [2.24, 2.45) is 0 Å². The Morgan fingerprint density at radius 1 is 0.368 bits per heavy atom. The Labute approximate surface area is 224 Å². The molecule has 0 aliphatic heterocycles. The number of fused-ring (bicyclic) bond motifs is 2. The van der Waals surface area contributed by atoms with Crippen molar-refractivity contribution < 1.29 is 0 Å². The van der Waals surface area contributed by atoms with Crippen LogP contribution >= 0.6 is 0 Å². The minimum absolute atomic E-state index is 0.774. The lowest BCUT2D eigenvalue weighted by atomic mass is 10.1. The van der Waals surface area contributed by atoms with Crippen molar-refractivity contribution in [2.75, 3.05) is 22.9 Å². The van der Waals surface area contributed by atoms with Gasteiger partial charge < -0.3 is 9.80 Å². The number of para-hydroxylation sites is 2. The fraction of sp³-hybridized carbons (Fsp3) is 0.0556. The molecule has 0 bridgehead atoms. The highest BCUT2D eigenvalue weighted by atomic mass is 15.1. The van der Waals surface area contributed by atoms with E-state index in [2.05, 4.69) is 168 Å². The summed E-state index contributed by atoms with van der Waals surface area (Å²) >= 11 is 0. The predicted molar refractivity (Wildman–Crippen MR) is 164 cm³/mol. The molecule has 6 aromatic carbocycles. The second-order valence-electron chi connectivity index (χ2n) is 9.36. The van der Waals surface area contributed by atoms with Crippen LogP contribution in [0.4, 0.5) is 22.7 Å². The number of benzene rings is 6. The molecule has 0 aromatic heterocycles. The Hall–Kier alpha value is -4.82. The molecule has 0 spiro atoms. The zero-order valence-corrected chi connectivity index (χ0v) is 21.3. The summed E-state index contributed by atoms with van der Waals surface area (Å²) in [6.45, 7) is 1.55. The molecular weight excluding hydrogens is 460 g/mol. The van der Waals surface area contributed by atoms with Gasteiger partial charge in [0.15, 0.2) is 0 Å². The number of hydrogen-bond acceptors (Lipinski definition) is 2. The van der Waals surface area contributed by atoms with E-state index in [0.717, 1.165) is 13.1 Å². The van der Waals surface area contributed by atoms with Gasteiger partial charge in [0.05, 0.1) is 0 Å². The van der Waals surface area contributed by atoms with Gasteiger partial charge in [-0.25, -0.2) is 0 Å². The van der Waals surface area contributed by atoms with Crippen molar-refractivity contribution in [2.45, 2.75) is 0 Å². The second kappa shape index (κ2) is 11.1. The van der Waals surface area contributed by atoms with Crippen molar-refractivity contribution in [1.82, 2.24) is 0 Å². The Bertz CT molecular complexity index is 1540. The van der Waals surface area contributed by atoms with Crippen LogP contribution < -0.4 is 9.80 Å². The van der Waals surface area contributed by atoms with E-state index in [0.29, 0.717) is 0 Å². The van der Waals surface area contributed by atoms with Crippen molar-refractivity contribution in [1.29, 1.82) is 0 Å². The molecule has 0 saturated heterocycles. The predicted octanol–water partition coefficient (Wildman–Crippen LogP) is 9.53. The zero-order chi connectivity index (χ0) is 25.6. The molecule has 0 radical (unpaired) electrons. The zero-order valence-electron chi connectivity index (χ0n) is 21.3. The third kappa shape index (κ3) is 4.89. The number of hydrogen-bond donors (Lipinski definition) is 0. The monoisotopic (exact) mass is 490 g/mol. The maximum absolute atomic E-state index is 2.39. The minimum atomic E-state index is 0.774. The van der Waals surface area contributed by atoms with E-state index >= 15 is 0 Å². The van der Waals surface area contributed by atoms with Crippen LogP contribution in [-0.4, -0.2) is 13.1 Å². The summed E-state index contributed by atoms with van der Waals surface area (Å²) in [4.78, 5) is 4.78. The highest BCUT2D eigenvalue weighted by Gasteiger charge is 2.13. The first-order chi connectivity index (χ1) is 18.9. The second-order valence-corrected chi connectivity index (χ2v) is 9.36. The van der Waals surface area contributed by atoms with Crippen LogP contribution in [-0.2, 0) is 0 Å². The van der Waals surface area contributed by atoms with Crippen LogP contribution in [0, 0.1) is 0 Å². The summed E-state index contributed by atoms with van der Waals surface area (Å²) < 4.78 is 0. The molecule has 0 N–H and O–H groups in total. The number of anilines is 4. The van der Waals surface area contributed by atoms with Crippen LogP contribution in [0.2, 0.25) is 0 Å². The van der Waals surface area contributed by atoms with Gasteiger partial charge in [-0.3, -0.25) is 0 Å². The van der Waals surface area contributed by atoms with Gasteiger partial charge in [0.1, 0.15) is 0 Å². The number of rotatable bonds is 8. The highest BCUT2D eigenvalue weighted by molar-refractivity contribution is 5.97. The molecular formula is C36H30N2. The smallest absolute Gasteiger partial charge is 0.0493 e. The summed E-state index contributed by atoms with van der Waals surface area (Å²) in [5.74, 6) is 0. The molecule has 38 heavy (non-hydrogen) atoms. The Morgan fingerprint density at radius 3 is 1.18 bits per heavy atom. The van der Waals surface area contributed by atoms with Crippen LogP contribution in [0.3, 0.4) is 0 Å². The van der Waals surface area contributed by atoms with Gasteiger partial charge in [0.2, 0.25) is 0 Å². The standard InChI is InChI=1S/C36H30N2/c1-3-19-31(20-4-1)37(35-25-13-17-29-15-7-9-23-33(29)35)27-11-12-28-38(32-21-5-2-6-22-32)36-26-14-18-30-16-8-10-24-34(30)36/h1-26H,27-28H2/b12-11+. The van der Waals surface area contributed by atoms with E-state index in [1.165, 1.54) is 44.3 Å². The van der Waals surface area contributed by atoms with E-state index in [1.807, 2.05) is 0 Å². The number of nitrogens with zero attached hydrogens (tertiary/aromatic N) is 2. The third-order valence-corrected chi connectivity index (χ3v) is 6.99. The van der Waals surface area contributed by atoms with E-state index < -0.39 is 0 Å². The normalized spacial score (nSPS) is 11.3. The molecule has 0 aliphatic rings. The Kier molecular flexibility index (Phi) is 6.86. The van der Waals surface area contributed by atoms with E-state index in [1.54, 1.807) is 0 Å².